The minimum atomic E-state index is -1.62. The van der Waals surface area contributed by atoms with Gasteiger partial charge in [0.1, 0.15) is 0 Å². The monoisotopic (exact) mass is 372 g/mol. The van der Waals surface area contributed by atoms with Gasteiger partial charge in [-0.05, 0) is 56.4 Å². The van der Waals surface area contributed by atoms with Crippen LogP contribution in [-0.4, -0.2) is 28.4 Å². The summed E-state index contributed by atoms with van der Waals surface area (Å²) in [5.74, 6) is -0.775. The van der Waals surface area contributed by atoms with Gasteiger partial charge in [0.15, 0.2) is 11.4 Å². The number of rotatable bonds is 1. The minimum absolute atomic E-state index is 0.0707. The van der Waals surface area contributed by atoms with Gasteiger partial charge in [-0.2, -0.15) is 0 Å². The van der Waals surface area contributed by atoms with Crippen LogP contribution >= 0.6 is 0 Å². The number of hydrogen-bond donors (Lipinski definition) is 1. The molecular weight excluding hydrogens is 344 g/mol. The molecule has 146 valence electrons. The maximum atomic E-state index is 12.6. The SMILES string of the molecule is CC(=O)OC(=O)[C@@]1(O)CC[C@H]2[C@@H]3CCC4=CC(=O)CC[C@]4(C)C3=CC[C@@]21C. The van der Waals surface area contributed by atoms with Crippen molar-refractivity contribution in [2.75, 3.05) is 0 Å². The summed E-state index contributed by atoms with van der Waals surface area (Å²) in [6.45, 7) is 5.41. The van der Waals surface area contributed by atoms with Crippen LogP contribution < -0.4 is 0 Å². The average molecular weight is 372 g/mol. The molecule has 5 atom stereocenters. The molecule has 0 amide bonds. The molecule has 0 saturated heterocycles. The smallest absolute Gasteiger partial charge is 0.346 e. The molecule has 0 aliphatic heterocycles. The molecule has 0 aromatic heterocycles. The number of allylic oxidation sites excluding steroid dienone is 4. The molecule has 4 aliphatic rings. The van der Waals surface area contributed by atoms with Crippen LogP contribution in [0.2, 0.25) is 0 Å². The first kappa shape index (κ1) is 18.6. The summed E-state index contributed by atoms with van der Waals surface area (Å²) in [5, 5.41) is 11.3. The molecule has 0 aromatic carbocycles. The van der Waals surface area contributed by atoms with E-state index < -0.39 is 23.0 Å². The van der Waals surface area contributed by atoms with E-state index in [2.05, 4.69) is 13.0 Å². The Kier molecular flexibility index (Phi) is 4.05. The molecule has 4 aliphatic carbocycles. The van der Waals surface area contributed by atoms with E-state index in [0.29, 0.717) is 25.2 Å². The van der Waals surface area contributed by atoms with Crippen molar-refractivity contribution in [1.82, 2.24) is 0 Å². The van der Waals surface area contributed by atoms with Crippen molar-refractivity contribution in [2.45, 2.75) is 71.3 Å². The van der Waals surface area contributed by atoms with Crippen LogP contribution in [0.5, 0.6) is 0 Å². The number of carbonyl (C=O) groups excluding carboxylic acids is 3. The summed E-state index contributed by atoms with van der Waals surface area (Å²) < 4.78 is 4.81. The molecule has 5 heteroatoms. The topological polar surface area (TPSA) is 80.7 Å². The number of ether oxygens (including phenoxy) is 1. The molecule has 0 heterocycles. The van der Waals surface area contributed by atoms with E-state index in [0.717, 1.165) is 25.7 Å². The predicted molar refractivity (Wildman–Crippen MR) is 98.4 cm³/mol. The zero-order valence-electron chi connectivity index (χ0n) is 16.3. The van der Waals surface area contributed by atoms with E-state index >= 15 is 0 Å². The van der Waals surface area contributed by atoms with E-state index in [4.69, 9.17) is 4.74 Å². The lowest BCUT2D eigenvalue weighted by Gasteiger charge is -2.54. The van der Waals surface area contributed by atoms with Crippen LogP contribution in [0, 0.1) is 22.7 Å². The average Bonchev–Trinajstić information content (AvgIpc) is 2.88. The predicted octanol–water partition coefficient (Wildman–Crippen LogP) is 3.26. The Labute approximate surface area is 159 Å². The van der Waals surface area contributed by atoms with Gasteiger partial charge in [-0.25, -0.2) is 4.79 Å². The summed E-state index contributed by atoms with van der Waals surface area (Å²) in [5.41, 5.74) is 0.313. The quantitative estimate of drug-likeness (QED) is 0.434. The molecule has 0 radical (unpaired) electrons. The Morgan fingerprint density at radius 2 is 1.93 bits per heavy atom. The summed E-state index contributed by atoms with van der Waals surface area (Å²) in [6.07, 6.45) is 8.99. The number of ketones is 1. The van der Waals surface area contributed by atoms with Crippen molar-refractivity contribution < 1.29 is 24.2 Å². The second-order valence-electron chi connectivity index (χ2n) is 9.28. The highest BCUT2D eigenvalue weighted by molar-refractivity contribution is 5.92. The maximum absolute atomic E-state index is 12.6. The molecule has 0 bridgehead atoms. The summed E-state index contributed by atoms with van der Waals surface area (Å²) in [6, 6.07) is 0. The van der Waals surface area contributed by atoms with Crippen molar-refractivity contribution >= 4 is 17.7 Å². The highest BCUT2D eigenvalue weighted by atomic mass is 16.6. The van der Waals surface area contributed by atoms with Crippen molar-refractivity contribution in [3.05, 3.63) is 23.3 Å². The molecule has 2 fully saturated rings. The molecule has 27 heavy (non-hydrogen) atoms. The van der Waals surface area contributed by atoms with Gasteiger partial charge in [0.05, 0.1) is 0 Å². The van der Waals surface area contributed by atoms with Crippen molar-refractivity contribution in [3.63, 3.8) is 0 Å². The van der Waals surface area contributed by atoms with Gasteiger partial charge in [0.2, 0.25) is 0 Å². The molecular formula is C22H28O5. The lowest BCUT2D eigenvalue weighted by atomic mass is 9.50. The fourth-order valence-electron chi connectivity index (χ4n) is 6.42. The van der Waals surface area contributed by atoms with Crippen molar-refractivity contribution in [3.8, 4) is 0 Å². The molecule has 5 nitrogen and oxygen atoms in total. The highest BCUT2D eigenvalue weighted by Crippen LogP contribution is 2.65. The Balaban J connectivity index is 1.71. The van der Waals surface area contributed by atoms with E-state index in [9.17, 15) is 19.5 Å². The number of aliphatic hydroxyl groups is 1. The molecule has 0 spiro atoms. The number of carbonyl (C=O) groups is 3. The molecule has 1 N–H and O–H groups in total. The van der Waals surface area contributed by atoms with Crippen molar-refractivity contribution in [2.24, 2.45) is 22.7 Å². The van der Waals surface area contributed by atoms with E-state index in [1.165, 1.54) is 18.1 Å². The summed E-state index contributed by atoms with van der Waals surface area (Å²) in [4.78, 5) is 35.7. The van der Waals surface area contributed by atoms with Gasteiger partial charge in [-0.1, -0.05) is 31.1 Å². The fourth-order valence-corrected chi connectivity index (χ4v) is 6.42. The highest BCUT2D eigenvalue weighted by Gasteiger charge is 2.65. The van der Waals surface area contributed by atoms with Crippen LogP contribution in [0.15, 0.2) is 23.3 Å². The third kappa shape index (κ3) is 2.43. The second-order valence-corrected chi connectivity index (χ2v) is 9.28. The number of fused-ring (bicyclic) bond motifs is 5. The van der Waals surface area contributed by atoms with Gasteiger partial charge in [0, 0.05) is 24.2 Å². The fraction of sp³-hybridized carbons (Fsp3) is 0.682. The Morgan fingerprint density at radius 1 is 1.19 bits per heavy atom. The first-order valence-corrected chi connectivity index (χ1v) is 10.0. The van der Waals surface area contributed by atoms with Gasteiger partial charge >= 0.3 is 11.9 Å². The van der Waals surface area contributed by atoms with Crippen LogP contribution in [-0.2, 0) is 19.1 Å². The number of hydrogen-bond acceptors (Lipinski definition) is 5. The lowest BCUT2D eigenvalue weighted by molar-refractivity contribution is -0.184. The van der Waals surface area contributed by atoms with Gasteiger partial charge in [-0.3, -0.25) is 9.59 Å². The van der Waals surface area contributed by atoms with Crippen molar-refractivity contribution in [1.29, 1.82) is 0 Å². The molecule has 2 saturated carbocycles. The van der Waals surface area contributed by atoms with Crippen LogP contribution in [0.3, 0.4) is 0 Å². The van der Waals surface area contributed by atoms with E-state index in [-0.39, 0.29) is 17.1 Å². The van der Waals surface area contributed by atoms with Crippen LogP contribution in [0.25, 0.3) is 0 Å². The van der Waals surface area contributed by atoms with Crippen LogP contribution in [0.4, 0.5) is 0 Å². The van der Waals surface area contributed by atoms with Gasteiger partial charge in [-0.15, -0.1) is 0 Å². The third-order valence-corrected chi connectivity index (χ3v) is 8.06. The first-order chi connectivity index (χ1) is 12.6. The Hall–Kier alpha value is -1.75. The molecule has 0 unspecified atom stereocenters. The minimum Gasteiger partial charge on any atom is -0.391 e. The van der Waals surface area contributed by atoms with E-state index in [1.54, 1.807) is 0 Å². The lowest BCUT2D eigenvalue weighted by Crippen LogP contribution is -2.55. The summed E-state index contributed by atoms with van der Waals surface area (Å²) in [7, 11) is 0. The Morgan fingerprint density at radius 3 is 2.63 bits per heavy atom. The zero-order chi connectivity index (χ0) is 19.6. The first-order valence-electron chi connectivity index (χ1n) is 10.0. The largest absolute Gasteiger partial charge is 0.391 e. The second kappa shape index (κ2) is 5.87. The van der Waals surface area contributed by atoms with Gasteiger partial charge < -0.3 is 9.84 Å². The maximum Gasteiger partial charge on any atom is 0.346 e. The van der Waals surface area contributed by atoms with Gasteiger partial charge in [0.25, 0.3) is 0 Å². The standard InChI is InChI=1S/C22H28O5/c1-13(23)27-19(25)22(26)11-8-18-16-5-4-14-12-15(24)6-9-20(14,2)17(16)7-10-21(18,22)3/h7,12,16,18,26H,4-6,8-11H2,1-3H3/t16-,18+,20+,21+,22+/m1/s1. The van der Waals surface area contributed by atoms with E-state index in [1.807, 2.05) is 13.0 Å². The number of esters is 2. The third-order valence-electron chi connectivity index (χ3n) is 8.06. The molecule has 0 aromatic rings. The summed E-state index contributed by atoms with van der Waals surface area (Å²) >= 11 is 0. The molecule has 4 rings (SSSR count). The van der Waals surface area contributed by atoms with Crippen LogP contribution in [0.1, 0.15) is 65.7 Å². The Bertz CT molecular complexity index is 793. The normalized spacial score (nSPS) is 43.0. The zero-order valence-corrected chi connectivity index (χ0v) is 16.3.